The van der Waals surface area contributed by atoms with E-state index in [9.17, 15) is 15.2 Å². The molecule has 1 fully saturated rings. The van der Waals surface area contributed by atoms with Crippen molar-refractivity contribution in [2.45, 2.75) is 31.9 Å². The molecule has 19 heavy (non-hydrogen) atoms. The van der Waals surface area contributed by atoms with Gasteiger partial charge in [0, 0.05) is 24.7 Å². The molecule has 0 spiro atoms. The molecule has 2 rings (SSSR count). The highest BCUT2D eigenvalue weighted by molar-refractivity contribution is 5.35. The normalized spacial score (nSPS) is 18.3. The van der Waals surface area contributed by atoms with Gasteiger partial charge in [0.25, 0.3) is 5.69 Å². The molecule has 1 aliphatic carbocycles. The van der Waals surface area contributed by atoms with E-state index in [0.717, 1.165) is 5.92 Å². The molecule has 0 radical (unpaired) electrons. The van der Waals surface area contributed by atoms with Gasteiger partial charge in [0.15, 0.2) is 0 Å². The van der Waals surface area contributed by atoms with Gasteiger partial charge in [0.1, 0.15) is 0 Å². The molecule has 0 bridgehead atoms. The van der Waals surface area contributed by atoms with Crippen LogP contribution in [0.4, 0.5) is 5.69 Å². The highest BCUT2D eigenvalue weighted by Crippen LogP contribution is 2.35. The summed E-state index contributed by atoms with van der Waals surface area (Å²) in [7, 11) is 1.99. The largest absolute Gasteiger partial charge is 0.387 e. The van der Waals surface area contributed by atoms with Crippen molar-refractivity contribution in [3.8, 4) is 0 Å². The average molecular weight is 264 g/mol. The zero-order valence-electron chi connectivity index (χ0n) is 11.3. The fraction of sp³-hybridized carbons (Fsp3) is 0.571. The van der Waals surface area contributed by atoms with Gasteiger partial charge in [-0.25, -0.2) is 0 Å². The SMILES string of the molecule is CC(C1CC1)N(C)CC(O)c1cccc([N+](=O)[O-])c1. The van der Waals surface area contributed by atoms with Crippen molar-refractivity contribution in [3.63, 3.8) is 0 Å². The Balaban J connectivity index is 2.00. The van der Waals surface area contributed by atoms with E-state index in [1.54, 1.807) is 12.1 Å². The second-order valence-corrected chi connectivity index (χ2v) is 5.39. The molecular weight excluding hydrogens is 244 g/mol. The third kappa shape index (κ3) is 3.52. The van der Waals surface area contributed by atoms with Crippen molar-refractivity contribution in [2.75, 3.05) is 13.6 Å². The standard InChI is InChI=1S/C14H20N2O3/c1-10(11-6-7-11)15(2)9-14(17)12-4-3-5-13(8-12)16(18)19/h3-5,8,10-11,14,17H,6-7,9H2,1-2H3. The van der Waals surface area contributed by atoms with E-state index in [-0.39, 0.29) is 5.69 Å². The van der Waals surface area contributed by atoms with Crippen LogP contribution in [0.2, 0.25) is 0 Å². The lowest BCUT2D eigenvalue weighted by atomic mass is 10.1. The maximum atomic E-state index is 10.7. The average Bonchev–Trinajstić information content (AvgIpc) is 3.22. The summed E-state index contributed by atoms with van der Waals surface area (Å²) < 4.78 is 0. The van der Waals surface area contributed by atoms with Crippen LogP contribution in [0.5, 0.6) is 0 Å². The number of rotatable bonds is 6. The van der Waals surface area contributed by atoms with Gasteiger partial charge in [-0.2, -0.15) is 0 Å². The van der Waals surface area contributed by atoms with Gasteiger partial charge >= 0.3 is 0 Å². The molecule has 104 valence electrons. The first-order valence-corrected chi connectivity index (χ1v) is 6.61. The van der Waals surface area contributed by atoms with Crippen LogP contribution in [0.1, 0.15) is 31.4 Å². The van der Waals surface area contributed by atoms with Crippen molar-refractivity contribution in [2.24, 2.45) is 5.92 Å². The fourth-order valence-corrected chi connectivity index (χ4v) is 2.33. The van der Waals surface area contributed by atoms with Gasteiger partial charge < -0.3 is 10.0 Å². The maximum absolute atomic E-state index is 10.7. The molecule has 0 amide bonds. The number of non-ortho nitro benzene ring substituents is 1. The minimum Gasteiger partial charge on any atom is -0.387 e. The maximum Gasteiger partial charge on any atom is 0.269 e. The molecule has 0 saturated heterocycles. The van der Waals surface area contributed by atoms with Crippen LogP contribution in [0.3, 0.4) is 0 Å². The van der Waals surface area contributed by atoms with E-state index in [1.807, 2.05) is 7.05 Å². The summed E-state index contributed by atoms with van der Waals surface area (Å²) >= 11 is 0. The van der Waals surface area contributed by atoms with Crippen LogP contribution >= 0.6 is 0 Å². The molecule has 0 heterocycles. The van der Waals surface area contributed by atoms with Crippen LogP contribution in [-0.2, 0) is 0 Å². The van der Waals surface area contributed by atoms with E-state index >= 15 is 0 Å². The van der Waals surface area contributed by atoms with Gasteiger partial charge in [-0.1, -0.05) is 12.1 Å². The minimum atomic E-state index is -0.689. The summed E-state index contributed by atoms with van der Waals surface area (Å²) in [5, 5.41) is 20.9. The quantitative estimate of drug-likeness (QED) is 0.632. The summed E-state index contributed by atoms with van der Waals surface area (Å²) in [5.41, 5.74) is 0.624. The predicted octanol–water partition coefficient (Wildman–Crippen LogP) is 2.36. The summed E-state index contributed by atoms with van der Waals surface area (Å²) in [4.78, 5) is 12.4. The monoisotopic (exact) mass is 264 g/mol. The van der Waals surface area contributed by atoms with Crippen LogP contribution in [0.25, 0.3) is 0 Å². The number of nitro groups is 1. The lowest BCUT2D eigenvalue weighted by molar-refractivity contribution is -0.385. The van der Waals surface area contributed by atoms with Gasteiger partial charge in [-0.3, -0.25) is 10.1 Å². The van der Waals surface area contributed by atoms with Crippen molar-refractivity contribution >= 4 is 5.69 Å². The Labute approximate surface area is 113 Å². The molecule has 0 aromatic heterocycles. The molecule has 2 atom stereocenters. The summed E-state index contributed by atoms with van der Waals surface area (Å²) in [6.45, 7) is 2.66. The lowest BCUT2D eigenvalue weighted by Gasteiger charge is -2.27. The number of hydrogen-bond acceptors (Lipinski definition) is 4. The minimum absolute atomic E-state index is 0.0226. The number of likely N-dealkylation sites (N-methyl/N-ethyl adjacent to an activating group) is 1. The smallest absolute Gasteiger partial charge is 0.269 e. The molecular formula is C14H20N2O3. The third-order valence-electron chi connectivity index (χ3n) is 3.93. The second-order valence-electron chi connectivity index (χ2n) is 5.39. The Bertz CT molecular complexity index is 460. The number of hydrogen-bond donors (Lipinski definition) is 1. The Morgan fingerprint density at radius 1 is 1.53 bits per heavy atom. The highest BCUT2D eigenvalue weighted by Gasteiger charge is 2.31. The van der Waals surface area contributed by atoms with Crippen LogP contribution in [0.15, 0.2) is 24.3 Å². The van der Waals surface area contributed by atoms with Crippen molar-refractivity contribution in [3.05, 3.63) is 39.9 Å². The molecule has 5 heteroatoms. The molecule has 1 aromatic carbocycles. The van der Waals surface area contributed by atoms with Gasteiger partial charge in [0.05, 0.1) is 11.0 Å². The Kier molecular flexibility index (Phi) is 4.17. The van der Waals surface area contributed by atoms with Crippen molar-refractivity contribution in [1.29, 1.82) is 0 Å². The molecule has 1 aromatic rings. The van der Waals surface area contributed by atoms with Crippen molar-refractivity contribution in [1.82, 2.24) is 4.90 Å². The summed E-state index contributed by atoms with van der Waals surface area (Å²) in [6.07, 6.45) is 1.84. The third-order valence-corrected chi connectivity index (χ3v) is 3.93. The molecule has 5 nitrogen and oxygen atoms in total. The second kappa shape index (κ2) is 5.67. The predicted molar refractivity (Wildman–Crippen MR) is 72.9 cm³/mol. The van der Waals surface area contributed by atoms with E-state index in [1.165, 1.54) is 25.0 Å². The highest BCUT2D eigenvalue weighted by atomic mass is 16.6. The van der Waals surface area contributed by atoms with E-state index < -0.39 is 11.0 Å². The first-order chi connectivity index (χ1) is 8.99. The Hall–Kier alpha value is -1.46. The van der Waals surface area contributed by atoms with Crippen LogP contribution in [0, 0.1) is 16.0 Å². The summed E-state index contributed by atoms with van der Waals surface area (Å²) in [6, 6.07) is 6.68. The fourth-order valence-electron chi connectivity index (χ4n) is 2.33. The number of nitro benzene ring substituents is 1. The molecule has 2 unspecified atom stereocenters. The number of benzene rings is 1. The van der Waals surface area contributed by atoms with E-state index in [4.69, 9.17) is 0 Å². The topological polar surface area (TPSA) is 66.6 Å². The van der Waals surface area contributed by atoms with Gasteiger partial charge in [-0.05, 0) is 38.3 Å². The zero-order chi connectivity index (χ0) is 14.0. The zero-order valence-corrected chi connectivity index (χ0v) is 11.3. The Morgan fingerprint density at radius 2 is 2.21 bits per heavy atom. The summed E-state index contributed by atoms with van der Waals surface area (Å²) in [5.74, 6) is 0.738. The number of nitrogens with zero attached hydrogens (tertiary/aromatic N) is 2. The van der Waals surface area contributed by atoms with Crippen molar-refractivity contribution < 1.29 is 10.0 Å². The first-order valence-electron chi connectivity index (χ1n) is 6.61. The van der Waals surface area contributed by atoms with Gasteiger partial charge in [0.2, 0.25) is 0 Å². The van der Waals surface area contributed by atoms with Crippen LogP contribution in [-0.4, -0.2) is 34.6 Å². The number of aliphatic hydroxyl groups is 1. The van der Waals surface area contributed by atoms with Crippen LogP contribution < -0.4 is 0 Å². The molecule has 1 aliphatic rings. The van der Waals surface area contributed by atoms with E-state index in [2.05, 4.69) is 11.8 Å². The lowest BCUT2D eigenvalue weighted by Crippen LogP contribution is -2.34. The molecule has 1 N–H and O–H groups in total. The van der Waals surface area contributed by atoms with E-state index in [0.29, 0.717) is 18.2 Å². The molecule has 0 aliphatic heterocycles. The molecule has 1 saturated carbocycles. The number of aliphatic hydroxyl groups excluding tert-OH is 1. The van der Waals surface area contributed by atoms with Gasteiger partial charge in [-0.15, -0.1) is 0 Å². The Morgan fingerprint density at radius 3 is 2.79 bits per heavy atom. The first kappa shape index (κ1) is 14.0.